The first-order valence-electron chi connectivity index (χ1n) is 8.14. The van der Waals surface area contributed by atoms with E-state index in [2.05, 4.69) is 38.3 Å². The molecule has 2 N–H and O–H groups in total. The normalized spacial score (nSPS) is 10.9. The van der Waals surface area contributed by atoms with Gasteiger partial charge in [0.15, 0.2) is 0 Å². The summed E-state index contributed by atoms with van der Waals surface area (Å²) in [6.07, 6.45) is 1.52. The summed E-state index contributed by atoms with van der Waals surface area (Å²) in [5.41, 5.74) is 2.78. The van der Waals surface area contributed by atoms with Gasteiger partial charge in [-0.05, 0) is 35.1 Å². The van der Waals surface area contributed by atoms with Crippen LogP contribution in [0.3, 0.4) is 0 Å². The van der Waals surface area contributed by atoms with Crippen LogP contribution in [0, 0.1) is 0 Å². The molecule has 0 atom stereocenters. The highest BCUT2D eigenvalue weighted by Crippen LogP contribution is 2.32. The van der Waals surface area contributed by atoms with Crippen molar-refractivity contribution in [1.29, 1.82) is 0 Å². The lowest BCUT2D eigenvalue weighted by atomic mass is 9.92. The number of hydrogen-bond donors (Lipinski definition) is 2. The molecule has 1 aromatic carbocycles. The Kier molecular flexibility index (Phi) is 5.79. The number of anilines is 1. The van der Waals surface area contributed by atoms with Gasteiger partial charge in [-0.25, -0.2) is 0 Å². The summed E-state index contributed by atoms with van der Waals surface area (Å²) in [6.45, 7) is 8.43. The summed E-state index contributed by atoms with van der Waals surface area (Å²) in [5, 5.41) is 5.35. The first-order chi connectivity index (χ1) is 11.4. The van der Waals surface area contributed by atoms with E-state index in [-0.39, 0.29) is 18.4 Å². The minimum Gasteiger partial charge on any atom is -0.467 e. The van der Waals surface area contributed by atoms with Crippen LogP contribution in [0.5, 0.6) is 0 Å². The van der Waals surface area contributed by atoms with Crippen molar-refractivity contribution < 1.29 is 14.0 Å². The fourth-order valence-corrected chi connectivity index (χ4v) is 2.53. The van der Waals surface area contributed by atoms with Crippen LogP contribution < -0.4 is 10.6 Å². The average molecular weight is 328 g/mol. The van der Waals surface area contributed by atoms with Crippen LogP contribution in [0.15, 0.2) is 41.0 Å². The Labute approximate surface area is 142 Å². The molecule has 0 saturated carbocycles. The van der Waals surface area contributed by atoms with E-state index < -0.39 is 11.8 Å². The largest absolute Gasteiger partial charge is 0.467 e. The van der Waals surface area contributed by atoms with Crippen LogP contribution in [-0.4, -0.2) is 11.8 Å². The molecule has 0 aliphatic heterocycles. The second-order valence-corrected chi connectivity index (χ2v) is 6.34. The van der Waals surface area contributed by atoms with Crippen molar-refractivity contribution in [3.05, 3.63) is 53.5 Å². The Morgan fingerprint density at radius 1 is 0.958 bits per heavy atom. The molecule has 0 fully saturated rings. The molecule has 0 saturated heterocycles. The Bertz CT molecular complexity index is 677. The smallest absolute Gasteiger partial charge is 0.313 e. The molecule has 2 aromatic rings. The van der Waals surface area contributed by atoms with Gasteiger partial charge in [0, 0.05) is 5.69 Å². The quantitative estimate of drug-likeness (QED) is 0.821. The van der Waals surface area contributed by atoms with E-state index in [0.717, 1.165) is 16.8 Å². The van der Waals surface area contributed by atoms with Crippen LogP contribution in [0.4, 0.5) is 5.69 Å². The number of benzene rings is 1. The number of hydrogen-bond acceptors (Lipinski definition) is 3. The molecule has 0 unspecified atom stereocenters. The van der Waals surface area contributed by atoms with E-state index in [0.29, 0.717) is 5.76 Å². The second-order valence-electron chi connectivity index (χ2n) is 6.34. The lowest BCUT2D eigenvalue weighted by Crippen LogP contribution is -2.35. The second kappa shape index (κ2) is 7.81. The Morgan fingerprint density at radius 3 is 2.08 bits per heavy atom. The van der Waals surface area contributed by atoms with Crippen LogP contribution in [0.1, 0.15) is 56.4 Å². The van der Waals surface area contributed by atoms with Gasteiger partial charge in [0.2, 0.25) is 0 Å². The summed E-state index contributed by atoms with van der Waals surface area (Å²) >= 11 is 0. The van der Waals surface area contributed by atoms with Crippen LogP contribution >= 0.6 is 0 Å². The zero-order valence-corrected chi connectivity index (χ0v) is 14.6. The predicted octanol–water partition coefficient (Wildman–Crippen LogP) is 3.78. The third-order valence-corrected chi connectivity index (χ3v) is 3.82. The Hall–Kier alpha value is -2.56. The van der Waals surface area contributed by atoms with Crippen LogP contribution in [0.2, 0.25) is 0 Å². The van der Waals surface area contributed by atoms with E-state index in [4.69, 9.17) is 4.42 Å². The SMILES string of the molecule is CC(C)c1cccc(C(C)C)c1NC(=O)C(=O)NCc1ccco1. The van der Waals surface area contributed by atoms with E-state index in [1.807, 2.05) is 18.2 Å². The summed E-state index contributed by atoms with van der Waals surface area (Å²) in [5.74, 6) is -0.270. The Morgan fingerprint density at radius 2 is 1.58 bits per heavy atom. The lowest BCUT2D eigenvalue weighted by molar-refractivity contribution is -0.136. The molecule has 0 aliphatic rings. The summed E-state index contributed by atoms with van der Waals surface area (Å²) in [6, 6.07) is 9.41. The standard InChI is InChI=1S/C19H24N2O3/c1-12(2)15-8-5-9-16(13(3)4)17(15)21-19(23)18(22)20-11-14-7-6-10-24-14/h5-10,12-13H,11H2,1-4H3,(H,20,22)(H,21,23). The van der Waals surface area contributed by atoms with Gasteiger partial charge in [0.25, 0.3) is 0 Å². The minimum atomic E-state index is -0.681. The molecule has 2 rings (SSSR count). The van der Waals surface area contributed by atoms with Gasteiger partial charge >= 0.3 is 11.8 Å². The number of carbonyl (C=O) groups excluding carboxylic acids is 2. The number of amides is 2. The van der Waals surface area contributed by atoms with Crippen LogP contribution in [0.25, 0.3) is 0 Å². The average Bonchev–Trinajstić information content (AvgIpc) is 3.05. The first kappa shape index (κ1) is 17.8. The lowest BCUT2D eigenvalue weighted by Gasteiger charge is -2.19. The number of carbonyl (C=O) groups is 2. The van der Waals surface area contributed by atoms with Gasteiger partial charge in [-0.1, -0.05) is 45.9 Å². The molecule has 1 aromatic heterocycles. The van der Waals surface area contributed by atoms with Crippen molar-refractivity contribution in [2.24, 2.45) is 0 Å². The third kappa shape index (κ3) is 4.25. The topological polar surface area (TPSA) is 71.3 Å². The maximum Gasteiger partial charge on any atom is 0.313 e. The molecule has 0 bridgehead atoms. The van der Waals surface area contributed by atoms with E-state index >= 15 is 0 Å². The van der Waals surface area contributed by atoms with Gasteiger partial charge in [0.1, 0.15) is 5.76 Å². The van der Waals surface area contributed by atoms with E-state index in [9.17, 15) is 9.59 Å². The van der Waals surface area contributed by atoms with E-state index in [1.54, 1.807) is 12.1 Å². The number of rotatable bonds is 5. The molecule has 2 amide bonds. The molecular formula is C19H24N2O3. The van der Waals surface area contributed by atoms with Crippen molar-refractivity contribution in [3.63, 3.8) is 0 Å². The summed E-state index contributed by atoms with van der Waals surface area (Å²) in [7, 11) is 0. The van der Waals surface area contributed by atoms with Crippen molar-refractivity contribution in [2.45, 2.75) is 46.1 Å². The van der Waals surface area contributed by atoms with Gasteiger partial charge in [-0.15, -0.1) is 0 Å². The van der Waals surface area contributed by atoms with Crippen molar-refractivity contribution in [1.82, 2.24) is 5.32 Å². The molecule has 24 heavy (non-hydrogen) atoms. The van der Waals surface area contributed by atoms with E-state index in [1.165, 1.54) is 6.26 Å². The van der Waals surface area contributed by atoms with Crippen molar-refractivity contribution in [2.75, 3.05) is 5.32 Å². The molecule has 5 nitrogen and oxygen atoms in total. The maximum atomic E-state index is 12.3. The highest BCUT2D eigenvalue weighted by molar-refractivity contribution is 6.39. The molecule has 0 aliphatic carbocycles. The predicted molar refractivity (Wildman–Crippen MR) is 93.8 cm³/mol. The zero-order chi connectivity index (χ0) is 17.7. The van der Waals surface area contributed by atoms with Crippen LogP contribution in [-0.2, 0) is 16.1 Å². The summed E-state index contributed by atoms with van der Waals surface area (Å²) < 4.78 is 5.14. The third-order valence-electron chi connectivity index (χ3n) is 3.82. The fraction of sp³-hybridized carbons (Fsp3) is 0.368. The number of furan rings is 1. The minimum absolute atomic E-state index is 0.183. The molecule has 5 heteroatoms. The number of nitrogens with one attached hydrogen (secondary N) is 2. The molecule has 0 spiro atoms. The van der Waals surface area contributed by atoms with Gasteiger partial charge in [-0.2, -0.15) is 0 Å². The number of para-hydroxylation sites is 1. The van der Waals surface area contributed by atoms with Gasteiger partial charge in [0.05, 0.1) is 12.8 Å². The van der Waals surface area contributed by atoms with Gasteiger partial charge < -0.3 is 15.1 Å². The van der Waals surface area contributed by atoms with Crippen molar-refractivity contribution in [3.8, 4) is 0 Å². The molecule has 0 radical (unpaired) electrons. The molecule has 128 valence electrons. The highest BCUT2D eigenvalue weighted by Gasteiger charge is 2.20. The zero-order valence-electron chi connectivity index (χ0n) is 14.6. The molecular weight excluding hydrogens is 304 g/mol. The Balaban J connectivity index is 2.13. The summed E-state index contributed by atoms with van der Waals surface area (Å²) in [4.78, 5) is 24.3. The van der Waals surface area contributed by atoms with Crippen molar-refractivity contribution >= 4 is 17.5 Å². The highest BCUT2D eigenvalue weighted by atomic mass is 16.3. The van der Waals surface area contributed by atoms with Gasteiger partial charge in [-0.3, -0.25) is 9.59 Å². The maximum absolute atomic E-state index is 12.3. The molecule has 1 heterocycles. The fourth-order valence-electron chi connectivity index (χ4n) is 2.53. The monoisotopic (exact) mass is 328 g/mol. The first-order valence-corrected chi connectivity index (χ1v) is 8.14.